The van der Waals surface area contributed by atoms with E-state index >= 15 is 0 Å². The first-order valence-corrected chi connectivity index (χ1v) is 15.3. The highest BCUT2D eigenvalue weighted by atomic mass is 79.9. The lowest BCUT2D eigenvalue weighted by molar-refractivity contribution is -0.697. The van der Waals surface area contributed by atoms with E-state index < -0.39 is 11.9 Å². The maximum atomic E-state index is 11.9. The molecule has 2 aromatic rings. The summed E-state index contributed by atoms with van der Waals surface area (Å²) in [6.07, 6.45) is 24.1. The number of aryl methyl sites for hydroxylation is 2. The minimum Gasteiger partial charge on any atom is -1.00 e. The fourth-order valence-corrected chi connectivity index (χ4v) is 4.26. The zero-order valence-corrected chi connectivity index (χ0v) is 28.6. The van der Waals surface area contributed by atoms with Gasteiger partial charge in [-0.2, -0.15) is 0 Å². The Morgan fingerprint density at radius 1 is 0.524 bits per heavy atom. The summed E-state index contributed by atoms with van der Waals surface area (Å²) in [4.78, 5) is 43.9. The molecular formula is C32H50Br2N2O6. The standard InChI is InChI=1S/C32H50N2O6.2BrH/c1-3-5-7-9-11-15-23-33-25-19-29(20-26-33)37-39-31(35)17-13-14-18-32(36)40-38-30-21-27-34(28-22-30)24-16-12-10-8-6-4-2;;/h19-22,25-28H,3-18,23-24H2,1-2H3;2*1H/q+2;;/p-2. The molecular weight excluding hydrogens is 668 g/mol. The summed E-state index contributed by atoms with van der Waals surface area (Å²) in [5.41, 5.74) is 0. The Kier molecular flexibility index (Phi) is 25.0. The van der Waals surface area contributed by atoms with Crippen molar-refractivity contribution in [1.29, 1.82) is 0 Å². The number of nitrogens with zero attached hydrogens (tertiary/aromatic N) is 2. The fourth-order valence-electron chi connectivity index (χ4n) is 4.26. The summed E-state index contributed by atoms with van der Waals surface area (Å²) in [5, 5.41) is 0. The molecule has 0 aromatic carbocycles. The van der Waals surface area contributed by atoms with Crippen molar-refractivity contribution < 1.29 is 72.2 Å². The molecule has 0 amide bonds. The molecule has 0 aliphatic heterocycles. The lowest BCUT2D eigenvalue weighted by Crippen LogP contribution is -3.00. The molecule has 0 radical (unpaired) electrons. The maximum absolute atomic E-state index is 11.9. The maximum Gasteiger partial charge on any atom is 0.355 e. The molecule has 2 rings (SSSR count). The third-order valence-corrected chi connectivity index (χ3v) is 6.73. The van der Waals surface area contributed by atoms with Crippen molar-refractivity contribution in [3.05, 3.63) is 49.1 Å². The lowest BCUT2D eigenvalue weighted by atomic mass is 10.1. The molecule has 2 heterocycles. The summed E-state index contributed by atoms with van der Waals surface area (Å²) in [5.74, 6) is -0.0109. The van der Waals surface area contributed by atoms with Gasteiger partial charge in [0.05, 0.1) is 12.8 Å². The Morgan fingerprint density at radius 3 is 1.21 bits per heavy atom. The first-order chi connectivity index (χ1) is 19.6. The summed E-state index contributed by atoms with van der Waals surface area (Å²) < 4.78 is 4.20. The second kappa shape index (κ2) is 26.4. The SMILES string of the molecule is CCCCCCCC[n+]1ccc(OOC(=O)CCCCC(=O)OOc2cc[n+](CCCCCCCC)cc2)cc1.[Br-].[Br-]. The molecule has 0 atom stereocenters. The van der Waals surface area contributed by atoms with Crippen LogP contribution in [0.5, 0.6) is 11.5 Å². The predicted molar refractivity (Wildman–Crippen MR) is 152 cm³/mol. The van der Waals surface area contributed by atoms with Crippen molar-refractivity contribution in [2.24, 2.45) is 0 Å². The summed E-state index contributed by atoms with van der Waals surface area (Å²) in [6, 6.07) is 7.12. The number of pyridine rings is 2. The van der Waals surface area contributed by atoms with Crippen LogP contribution in [0.15, 0.2) is 49.1 Å². The van der Waals surface area contributed by atoms with Gasteiger partial charge in [-0.05, 0) is 25.7 Å². The minimum atomic E-state index is -0.480. The Bertz CT molecular complexity index is 868. The second-order valence-corrected chi connectivity index (χ2v) is 10.4. The predicted octanol–water partition coefficient (Wildman–Crippen LogP) is 0.925. The van der Waals surface area contributed by atoms with Crippen molar-refractivity contribution in [2.75, 3.05) is 0 Å². The van der Waals surface area contributed by atoms with Crippen molar-refractivity contribution in [2.45, 2.75) is 130 Å². The van der Waals surface area contributed by atoms with E-state index in [2.05, 4.69) is 23.0 Å². The van der Waals surface area contributed by atoms with Crippen molar-refractivity contribution in [3.63, 3.8) is 0 Å². The molecule has 0 N–H and O–H groups in total. The molecule has 0 fully saturated rings. The van der Waals surface area contributed by atoms with Crippen LogP contribution >= 0.6 is 0 Å². The van der Waals surface area contributed by atoms with E-state index in [-0.39, 0.29) is 46.8 Å². The van der Waals surface area contributed by atoms with Gasteiger partial charge in [-0.1, -0.05) is 65.2 Å². The summed E-state index contributed by atoms with van der Waals surface area (Å²) in [7, 11) is 0. The number of halogens is 2. The Labute approximate surface area is 273 Å². The molecule has 2 aromatic heterocycles. The summed E-state index contributed by atoms with van der Waals surface area (Å²) >= 11 is 0. The third kappa shape index (κ3) is 19.8. The first-order valence-electron chi connectivity index (χ1n) is 15.3. The Hall–Kier alpha value is -2.20. The van der Waals surface area contributed by atoms with Crippen LogP contribution < -0.4 is 52.9 Å². The van der Waals surface area contributed by atoms with Crippen molar-refractivity contribution in [3.8, 4) is 11.5 Å². The molecule has 0 unspecified atom stereocenters. The second-order valence-electron chi connectivity index (χ2n) is 10.4. The van der Waals surface area contributed by atoms with E-state index in [1.54, 1.807) is 24.3 Å². The van der Waals surface area contributed by atoms with Gasteiger partial charge in [-0.15, -0.1) is 0 Å². The van der Waals surface area contributed by atoms with E-state index in [0.717, 1.165) is 25.9 Å². The van der Waals surface area contributed by atoms with Gasteiger partial charge in [0.2, 0.25) is 0 Å². The zero-order valence-electron chi connectivity index (χ0n) is 25.4. The van der Waals surface area contributed by atoms with Gasteiger partial charge in [-0.3, -0.25) is 19.6 Å². The highest BCUT2D eigenvalue weighted by molar-refractivity contribution is 5.70. The molecule has 0 bridgehead atoms. The molecule has 8 nitrogen and oxygen atoms in total. The third-order valence-electron chi connectivity index (χ3n) is 6.73. The summed E-state index contributed by atoms with van der Waals surface area (Å²) in [6.45, 7) is 6.38. The van der Waals surface area contributed by atoms with E-state index in [9.17, 15) is 9.59 Å². The first kappa shape index (κ1) is 39.8. The Morgan fingerprint density at radius 2 is 0.857 bits per heavy atom. The van der Waals surface area contributed by atoms with Crippen LogP contribution in [0.25, 0.3) is 0 Å². The van der Waals surface area contributed by atoms with Crippen molar-refractivity contribution >= 4 is 11.9 Å². The van der Waals surface area contributed by atoms with Crippen LogP contribution in [0.1, 0.15) is 117 Å². The number of rotatable bonds is 23. The molecule has 10 heteroatoms. The largest absolute Gasteiger partial charge is 1.00 e. The topological polar surface area (TPSA) is 78.8 Å². The van der Waals surface area contributed by atoms with Gasteiger partial charge in [0.25, 0.3) is 0 Å². The molecule has 0 spiro atoms. The smallest absolute Gasteiger partial charge is 0.355 e. The number of aromatic nitrogens is 2. The normalized spacial score (nSPS) is 10.2. The van der Waals surface area contributed by atoms with E-state index in [4.69, 9.17) is 19.6 Å². The number of hydrogen-bond donors (Lipinski definition) is 0. The van der Waals surface area contributed by atoms with Gasteiger partial charge in [0.1, 0.15) is 13.1 Å². The van der Waals surface area contributed by atoms with E-state index in [1.807, 2.05) is 24.8 Å². The van der Waals surface area contributed by atoms with Gasteiger partial charge in [-0.25, -0.2) is 18.7 Å². The van der Waals surface area contributed by atoms with Gasteiger partial charge >= 0.3 is 11.9 Å². The zero-order chi connectivity index (χ0) is 28.7. The van der Waals surface area contributed by atoms with Crippen LogP contribution in [-0.4, -0.2) is 11.9 Å². The average Bonchev–Trinajstić information content (AvgIpc) is 2.98. The van der Waals surface area contributed by atoms with E-state index in [0.29, 0.717) is 24.3 Å². The van der Waals surface area contributed by atoms with Crippen LogP contribution in [0.4, 0.5) is 0 Å². The molecule has 0 saturated heterocycles. The van der Waals surface area contributed by atoms with Gasteiger partial charge < -0.3 is 34.0 Å². The lowest BCUT2D eigenvalue weighted by Gasteiger charge is -2.05. The molecule has 0 aliphatic rings. The molecule has 238 valence electrons. The number of unbranched alkanes of at least 4 members (excludes halogenated alkanes) is 11. The number of carbonyl (C=O) groups excluding carboxylic acids is 2. The fraction of sp³-hybridized carbons (Fsp3) is 0.625. The monoisotopic (exact) mass is 716 g/mol. The molecule has 0 aliphatic carbocycles. The van der Waals surface area contributed by atoms with Crippen LogP contribution in [0.3, 0.4) is 0 Å². The highest BCUT2D eigenvalue weighted by Gasteiger charge is 2.11. The molecule has 0 saturated carbocycles. The van der Waals surface area contributed by atoms with Crippen LogP contribution in [0.2, 0.25) is 0 Å². The van der Waals surface area contributed by atoms with E-state index in [1.165, 1.54) is 64.2 Å². The number of hydrogen-bond acceptors (Lipinski definition) is 6. The number of carbonyl (C=O) groups is 2. The van der Waals surface area contributed by atoms with Gasteiger partial charge in [0, 0.05) is 37.1 Å². The van der Waals surface area contributed by atoms with Crippen LogP contribution in [0, 0.1) is 0 Å². The minimum absolute atomic E-state index is 0. The van der Waals surface area contributed by atoms with Gasteiger partial charge in [0.15, 0.2) is 36.3 Å². The Balaban J connectivity index is 0.00000840. The average molecular weight is 719 g/mol. The highest BCUT2D eigenvalue weighted by Crippen LogP contribution is 2.11. The molecule has 42 heavy (non-hydrogen) atoms. The van der Waals surface area contributed by atoms with Crippen molar-refractivity contribution in [1.82, 2.24) is 0 Å². The van der Waals surface area contributed by atoms with Crippen LogP contribution in [-0.2, 0) is 32.5 Å². The quantitative estimate of drug-likeness (QED) is 0.0738.